The third-order valence-electron chi connectivity index (χ3n) is 2.50. The van der Waals surface area contributed by atoms with Gasteiger partial charge in [0.2, 0.25) is 6.33 Å². The Morgan fingerprint density at radius 3 is 2.53 bits per heavy atom. The SMILES string of the molecule is Cc1c[n+](-c2cc(C(F)(F)F)cc(Cl)c2N=O)c[nH]1. The van der Waals surface area contributed by atoms with Gasteiger partial charge in [0.25, 0.3) is 0 Å². The Morgan fingerprint density at radius 2 is 2.05 bits per heavy atom. The highest BCUT2D eigenvalue weighted by molar-refractivity contribution is 6.33. The summed E-state index contributed by atoms with van der Waals surface area (Å²) >= 11 is 5.68. The molecule has 2 aromatic rings. The third-order valence-corrected chi connectivity index (χ3v) is 2.79. The molecular weight excluding hydrogens is 283 g/mol. The number of imidazole rings is 1. The molecule has 1 heterocycles. The van der Waals surface area contributed by atoms with E-state index >= 15 is 0 Å². The zero-order chi connectivity index (χ0) is 14.2. The average Bonchev–Trinajstić information content (AvgIpc) is 2.73. The van der Waals surface area contributed by atoms with Gasteiger partial charge in [-0.2, -0.15) is 17.7 Å². The fourth-order valence-corrected chi connectivity index (χ4v) is 1.88. The van der Waals surface area contributed by atoms with Crippen molar-refractivity contribution < 1.29 is 17.7 Å². The molecule has 0 amide bonds. The molecule has 100 valence electrons. The van der Waals surface area contributed by atoms with Gasteiger partial charge in [-0.3, -0.25) is 0 Å². The van der Waals surface area contributed by atoms with E-state index in [1.54, 1.807) is 6.92 Å². The summed E-state index contributed by atoms with van der Waals surface area (Å²) in [6.45, 7) is 1.72. The number of hydrogen-bond acceptors (Lipinski definition) is 2. The van der Waals surface area contributed by atoms with Crippen LogP contribution < -0.4 is 4.57 Å². The lowest BCUT2D eigenvalue weighted by Crippen LogP contribution is -2.28. The summed E-state index contributed by atoms with van der Waals surface area (Å²) in [6.07, 6.45) is -1.61. The molecule has 0 aliphatic carbocycles. The maximum atomic E-state index is 12.7. The Kier molecular flexibility index (Phi) is 3.32. The van der Waals surface area contributed by atoms with E-state index in [9.17, 15) is 18.1 Å². The molecule has 0 saturated carbocycles. The molecule has 0 radical (unpaired) electrons. The monoisotopic (exact) mass is 290 g/mol. The van der Waals surface area contributed by atoms with Crippen molar-refractivity contribution in [3.05, 3.63) is 45.8 Å². The highest BCUT2D eigenvalue weighted by Crippen LogP contribution is 2.37. The van der Waals surface area contributed by atoms with E-state index < -0.39 is 11.7 Å². The maximum absolute atomic E-state index is 12.7. The minimum atomic E-state index is -4.55. The Balaban J connectivity index is 2.70. The summed E-state index contributed by atoms with van der Waals surface area (Å²) in [6, 6.07) is 1.51. The van der Waals surface area contributed by atoms with Gasteiger partial charge in [-0.05, 0) is 11.2 Å². The topological polar surface area (TPSA) is 49.1 Å². The number of alkyl halides is 3. The van der Waals surface area contributed by atoms with Crippen LogP contribution in [0.25, 0.3) is 5.69 Å². The van der Waals surface area contributed by atoms with Crippen LogP contribution in [-0.2, 0) is 6.18 Å². The average molecular weight is 291 g/mol. The molecule has 2 rings (SSSR count). The minimum absolute atomic E-state index is 0.0285. The van der Waals surface area contributed by atoms with Crippen molar-refractivity contribution in [2.45, 2.75) is 13.1 Å². The van der Waals surface area contributed by atoms with E-state index in [1.807, 2.05) is 0 Å². The zero-order valence-electron chi connectivity index (χ0n) is 9.62. The normalized spacial score (nSPS) is 11.6. The molecule has 0 spiro atoms. The van der Waals surface area contributed by atoms with Crippen LogP contribution in [0.2, 0.25) is 5.02 Å². The number of halogens is 4. The van der Waals surface area contributed by atoms with E-state index in [0.29, 0.717) is 11.8 Å². The molecule has 0 aliphatic rings. The lowest BCUT2D eigenvalue weighted by Gasteiger charge is -2.09. The molecule has 1 aromatic heterocycles. The van der Waals surface area contributed by atoms with Crippen molar-refractivity contribution >= 4 is 17.3 Å². The molecule has 0 fully saturated rings. The molecule has 19 heavy (non-hydrogen) atoms. The predicted molar refractivity (Wildman–Crippen MR) is 62.5 cm³/mol. The molecule has 0 atom stereocenters. The standard InChI is InChI=1S/C11H7ClF3N3O/c1-6-4-18(5-16-6)9-3-7(11(13,14)15)2-8(12)10(9)17-19/h2-5H,1H3/p+1. The van der Waals surface area contributed by atoms with Gasteiger partial charge in [0, 0.05) is 13.0 Å². The molecule has 8 heteroatoms. The van der Waals surface area contributed by atoms with Gasteiger partial charge in [-0.1, -0.05) is 11.6 Å². The van der Waals surface area contributed by atoms with Crippen molar-refractivity contribution in [3.8, 4) is 5.69 Å². The van der Waals surface area contributed by atoms with Crippen LogP contribution in [0.3, 0.4) is 0 Å². The molecule has 1 N–H and O–H groups in total. The van der Waals surface area contributed by atoms with Crippen LogP contribution in [-0.4, -0.2) is 4.98 Å². The summed E-state index contributed by atoms with van der Waals surface area (Å²) in [7, 11) is 0. The number of nitrogens with zero attached hydrogens (tertiary/aromatic N) is 2. The predicted octanol–water partition coefficient (Wildman–Crippen LogP) is 3.67. The fraction of sp³-hybridized carbons (Fsp3) is 0.182. The molecule has 1 aromatic carbocycles. The zero-order valence-corrected chi connectivity index (χ0v) is 10.4. The highest BCUT2D eigenvalue weighted by Gasteiger charge is 2.33. The quantitative estimate of drug-likeness (QED) is 0.666. The molecule has 0 bridgehead atoms. The van der Waals surface area contributed by atoms with Gasteiger partial charge in [-0.15, -0.1) is 4.91 Å². The largest absolute Gasteiger partial charge is 0.416 e. The number of aryl methyl sites for hydroxylation is 1. The van der Waals surface area contributed by atoms with E-state index in [1.165, 1.54) is 17.1 Å². The van der Waals surface area contributed by atoms with Crippen molar-refractivity contribution in [1.29, 1.82) is 0 Å². The summed E-state index contributed by atoms with van der Waals surface area (Å²) < 4.78 is 39.5. The van der Waals surface area contributed by atoms with E-state index in [0.717, 1.165) is 6.07 Å². The van der Waals surface area contributed by atoms with Gasteiger partial charge in [-0.25, -0.2) is 4.98 Å². The Hall–Kier alpha value is -1.89. The number of benzene rings is 1. The number of hydrogen-bond donors (Lipinski definition) is 1. The minimum Gasteiger partial charge on any atom is -0.247 e. The highest BCUT2D eigenvalue weighted by atomic mass is 35.5. The Morgan fingerprint density at radius 1 is 1.37 bits per heavy atom. The smallest absolute Gasteiger partial charge is 0.247 e. The van der Waals surface area contributed by atoms with Crippen LogP contribution in [0.1, 0.15) is 11.3 Å². The molecule has 0 saturated heterocycles. The number of H-pyrrole nitrogens is 1. The van der Waals surface area contributed by atoms with Crippen molar-refractivity contribution in [1.82, 2.24) is 4.98 Å². The van der Waals surface area contributed by atoms with Gasteiger partial charge < -0.3 is 0 Å². The molecule has 0 unspecified atom stereocenters. The van der Waals surface area contributed by atoms with Crippen molar-refractivity contribution in [2.75, 3.05) is 0 Å². The second kappa shape index (κ2) is 4.65. The first-order valence-electron chi connectivity index (χ1n) is 5.13. The molecular formula is C11H8ClF3N3O+. The fourth-order valence-electron chi connectivity index (χ4n) is 1.63. The van der Waals surface area contributed by atoms with Gasteiger partial charge in [0.15, 0.2) is 11.4 Å². The first-order valence-corrected chi connectivity index (χ1v) is 5.51. The van der Waals surface area contributed by atoms with E-state index in [4.69, 9.17) is 11.6 Å². The van der Waals surface area contributed by atoms with Crippen LogP contribution in [0.4, 0.5) is 18.9 Å². The van der Waals surface area contributed by atoms with E-state index in [2.05, 4.69) is 10.2 Å². The first kappa shape index (κ1) is 13.5. The number of aromatic nitrogens is 2. The summed E-state index contributed by atoms with van der Waals surface area (Å²) in [5.41, 5.74) is -0.491. The number of aromatic amines is 1. The molecule has 4 nitrogen and oxygen atoms in total. The lowest BCUT2D eigenvalue weighted by molar-refractivity contribution is -0.593. The van der Waals surface area contributed by atoms with E-state index in [-0.39, 0.29) is 16.4 Å². The Bertz CT molecular complexity index is 637. The Labute approximate surface area is 110 Å². The van der Waals surface area contributed by atoms with Crippen LogP contribution in [0.15, 0.2) is 29.8 Å². The van der Waals surface area contributed by atoms with Gasteiger partial charge in [0.1, 0.15) is 11.9 Å². The lowest BCUT2D eigenvalue weighted by atomic mass is 10.1. The number of nitroso groups, excluding NO2 is 1. The molecule has 0 aliphatic heterocycles. The van der Waals surface area contributed by atoms with Crippen LogP contribution in [0.5, 0.6) is 0 Å². The number of nitrogens with one attached hydrogen (secondary N) is 1. The first-order chi connectivity index (χ1) is 8.82. The maximum Gasteiger partial charge on any atom is 0.416 e. The summed E-state index contributed by atoms with van der Waals surface area (Å²) in [5, 5.41) is 2.35. The van der Waals surface area contributed by atoms with Crippen molar-refractivity contribution in [2.24, 2.45) is 5.18 Å². The van der Waals surface area contributed by atoms with Crippen LogP contribution in [0, 0.1) is 11.8 Å². The summed E-state index contributed by atoms with van der Waals surface area (Å²) in [4.78, 5) is 13.5. The van der Waals surface area contributed by atoms with Crippen LogP contribution >= 0.6 is 11.6 Å². The summed E-state index contributed by atoms with van der Waals surface area (Å²) in [5.74, 6) is 0. The second-order valence-electron chi connectivity index (χ2n) is 3.91. The van der Waals surface area contributed by atoms with Crippen molar-refractivity contribution in [3.63, 3.8) is 0 Å². The van der Waals surface area contributed by atoms with Gasteiger partial charge in [0.05, 0.1) is 10.6 Å². The number of rotatable bonds is 2. The second-order valence-corrected chi connectivity index (χ2v) is 4.31. The third kappa shape index (κ3) is 2.60. The van der Waals surface area contributed by atoms with Gasteiger partial charge >= 0.3 is 6.18 Å².